The molecule has 1 fully saturated rings. The lowest BCUT2D eigenvalue weighted by molar-refractivity contribution is -0.117. The number of rotatable bonds is 6. The summed E-state index contributed by atoms with van der Waals surface area (Å²) in [4.78, 5) is 25.0. The summed E-state index contributed by atoms with van der Waals surface area (Å²) in [5.74, 6) is 0.948. The molecule has 0 bridgehead atoms. The molecule has 1 aliphatic heterocycles. The lowest BCUT2D eigenvalue weighted by atomic mass is 9.84. The van der Waals surface area contributed by atoms with Gasteiger partial charge in [-0.05, 0) is 49.9 Å². The molecule has 2 aromatic rings. The standard InChI is InChI=1S/C22H26N2O2/c1-16(17-10-12-23-13-11-17)14-21(25)24-20-9-5-8-19(15-20)22(26)18-6-3-2-4-7-18/h2-9,15-17,23H,10-14H2,1H3,(H,24,25). The van der Waals surface area contributed by atoms with Gasteiger partial charge in [-0.2, -0.15) is 0 Å². The molecule has 0 aliphatic carbocycles. The van der Waals surface area contributed by atoms with Crippen LogP contribution < -0.4 is 10.6 Å². The van der Waals surface area contributed by atoms with Crippen LogP contribution in [0.2, 0.25) is 0 Å². The molecule has 0 radical (unpaired) electrons. The minimum atomic E-state index is -0.0372. The van der Waals surface area contributed by atoms with Gasteiger partial charge in [-0.15, -0.1) is 0 Å². The van der Waals surface area contributed by atoms with Crippen LogP contribution in [0.3, 0.4) is 0 Å². The molecule has 2 N–H and O–H groups in total. The summed E-state index contributed by atoms with van der Waals surface area (Å²) in [7, 11) is 0. The molecule has 4 heteroatoms. The van der Waals surface area contributed by atoms with E-state index in [1.165, 1.54) is 0 Å². The van der Waals surface area contributed by atoms with E-state index >= 15 is 0 Å². The van der Waals surface area contributed by atoms with Gasteiger partial charge in [-0.25, -0.2) is 0 Å². The maximum atomic E-state index is 12.5. The molecule has 26 heavy (non-hydrogen) atoms. The van der Waals surface area contributed by atoms with Crippen molar-refractivity contribution in [3.8, 4) is 0 Å². The maximum Gasteiger partial charge on any atom is 0.224 e. The van der Waals surface area contributed by atoms with Crippen molar-refractivity contribution in [3.05, 3.63) is 65.7 Å². The third-order valence-electron chi connectivity index (χ3n) is 5.14. The van der Waals surface area contributed by atoms with Gasteiger partial charge in [0.1, 0.15) is 0 Å². The first kappa shape index (κ1) is 18.3. The number of hydrogen-bond donors (Lipinski definition) is 2. The molecule has 0 saturated carbocycles. The maximum absolute atomic E-state index is 12.5. The predicted molar refractivity (Wildman–Crippen MR) is 104 cm³/mol. The molecule has 3 rings (SSSR count). The Morgan fingerprint density at radius 2 is 1.73 bits per heavy atom. The summed E-state index contributed by atoms with van der Waals surface area (Å²) in [6.45, 7) is 4.24. The van der Waals surface area contributed by atoms with Crippen LogP contribution in [0.4, 0.5) is 5.69 Å². The highest BCUT2D eigenvalue weighted by molar-refractivity contribution is 6.09. The topological polar surface area (TPSA) is 58.2 Å². The lowest BCUT2D eigenvalue weighted by Gasteiger charge is -2.27. The number of hydrogen-bond acceptors (Lipinski definition) is 3. The first-order valence-electron chi connectivity index (χ1n) is 9.34. The number of carbonyl (C=O) groups excluding carboxylic acids is 2. The number of ketones is 1. The highest BCUT2D eigenvalue weighted by Crippen LogP contribution is 2.25. The summed E-state index contributed by atoms with van der Waals surface area (Å²) in [5, 5.41) is 6.31. The molecule has 136 valence electrons. The average molecular weight is 350 g/mol. The normalized spacial score (nSPS) is 16.0. The molecule has 1 aliphatic rings. The van der Waals surface area contributed by atoms with Gasteiger partial charge in [-0.1, -0.05) is 49.4 Å². The van der Waals surface area contributed by atoms with Crippen molar-refractivity contribution in [1.29, 1.82) is 0 Å². The lowest BCUT2D eigenvalue weighted by Crippen LogP contribution is -2.32. The van der Waals surface area contributed by atoms with E-state index < -0.39 is 0 Å². The molecule has 1 amide bonds. The summed E-state index contributed by atoms with van der Waals surface area (Å²) in [5.41, 5.74) is 1.91. The second-order valence-corrected chi connectivity index (χ2v) is 7.09. The van der Waals surface area contributed by atoms with E-state index in [2.05, 4.69) is 17.6 Å². The van der Waals surface area contributed by atoms with Crippen molar-refractivity contribution in [2.75, 3.05) is 18.4 Å². The predicted octanol–water partition coefficient (Wildman–Crippen LogP) is 3.88. The zero-order valence-corrected chi connectivity index (χ0v) is 15.2. The molecule has 0 spiro atoms. The van der Waals surface area contributed by atoms with Crippen LogP contribution in [0.5, 0.6) is 0 Å². The largest absolute Gasteiger partial charge is 0.326 e. The van der Waals surface area contributed by atoms with Crippen molar-refractivity contribution in [2.45, 2.75) is 26.2 Å². The second-order valence-electron chi connectivity index (χ2n) is 7.09. The van der Waals surface area contributed by atoms with E-state index in [1.54, 1.807) is 24.3 Å². The molecule has 1 unspecified atom stereocenters. The Morgan fingerprint density at radius 3 is 2.46 bits per heavy atom. The van der Waals surface area contributed by atoms with E-state index in [4.69, 9.17) is 0 Å². The molecular weight excluding hydrogens is 324 g/mol. The van der Waals surface area contributed by atoms with E-state index in [0.717, 1.165) is 25.9 Å². The highest BCUT2D eigenvalue weighted by Gasteiger charge is 2.22. The summed E-state index contributed by atoms with van der Waals surface area (Å²) in [6, 6.07) is 16.4. The number of anilines is 1. The second kappa shape index (κ2) is 8.77. The van der Waals surface area contributed by atoms with Gasteiger partial charge < -0.3 is 10.6 Å². The SMILES string of the molecule is CC(CC(=O)Nc1cccc(C(=O)c2ccccc2)c1)C1CCNCC1. The zero-order chi connectivity index (χ0) is 18.4. The van der Waals surface area contributed by atoms with Gasteiger partial charge >= 0.3 is 0 Å². The van der Waals surface area contributed by atoms with Gasteiger partial charge in [0.05, 0.1) is 0 Å². The first-order valence-corrected chi connectivity index (χ1v) is 9.34. The van der Waals surface area contributed by atoms with Crippen LogP contribution in [-0.4, -0.2) is 24.8 Å². The van der Waals surface area contributed by atoms with Crippen LogP contribution in [0, 0.1) is 11.8 Å². The summed E-state index contributed by atoms with van der Waals surface area (Å²) >= 11 is 0. The highest BCUT2D eigenvalue weighted by atomic mass is 16.1. The van der Waals surface area contributed by atoms with Crippen LogP contribution in [-0.2, 0) is 4.79 Å². The Kier molecular flexibility index (Phi) is 6.18. The van der Waals surface area contributed by atoms with E-state index in [1.807, 2.05) is 30.3 Å². The zero-order valence-electron chi connectivity index (χ0n) is 15.2. The van der Waals surface area contributed by atoms with Gasteiger partial charge in [-0.3, -0.25) is 9.59 Å². The van der Waals surface area contributed by atoms with Gasteiger partial charge in [0, 0.05) is 23.2 Å². The smallest absolute Gasteiger partial charge is 0.224 e. The molecule has 1 atom stereocenters. The van der Waals surface area contributed by atoms with Crippen molar-refractivity contribution < 1.29 is 9.59 Å². The molecule has 1 saturated heterocycles. The fourth-order valence-corrected chi connectivity index (χ4v) is 3.58. The third-order valence-corrected chi connectivity index (χ3v) is 5.14. The number of carbonyl (C=O) groups is 2. The van der Waals surface area contributed by atoms with E-state index in [0.29, 0.717) is 35.1 Å². The van der Waals surface area contributed by atoms with Crippen molar-refractivity contribution in [3.63, 3.8) is 0 Å². The minimum Gasteiger partial charge on any atom is -0.326 e. The van der Waals surface area contributed by atoms with E-state index in [9.17, 15) is 9.59 Å². The Hall–Kier alpha value is -2.46. The number of benzene rings is 2. The van der Waals surface area contributed by atoms with Gasteiger partial charge in [0.15, 0.2) is 5.78 Å². The van der Waals surface area contributed by atoms with Crippen molar-refractivity contribution >= 4 is 17.4 Å². The molecule has 0 aromatic heterocycles. The van der Waals surface area contributed by atoms with Crippen LogP contribution in [0.1, 0.15) is 42.1 Å². The third kappa shape index (κ3) is 4.79. The van der Waals surface area contributed by atoms with Crippen molar-refractivity contribution in [2.24, 2.45) is 11.8 Å². The number of amides is 1. The Bertz CT molecular complexity index is 752. The fraction of sp³-hybridized carbons (Fsp3) is 0.364. The quantitative estimate of drug-likeness (QED) is 0.777. The molecule has 4 nitrogen and oxygen atoms in total. The Morgan fingerprint density at radius 1 is 1.04 bits per heavy atom. The fourth-order valence-electron chi connectivity index (χ4n) is 3.58. The van der Waals surface area contributed by atoms with E-state index in [-0.39, 0.29) is 11.7 Å². The van der Waals surface area contributed by atoms with Crippen LogP contribution >= 0.6 is 0 Å². The Labute approximate surface area is 155 Å². The first-order chi connectivity index (χ1) is 12.6. The molecular formula is C22H26N2O2. The molecule has 2 aromatic carbocycles. The van der Waals surface area contributed by atoms with Gasteiger partial charge in [0.25, 0.3) is 0 Å². The Balaban J connectivity index is 1.61. The summed E-state index contributed by atoms with van der Waals surface area (Å²) in [6.07, 6.45) is 2.78. The molecule has 1 heterocycles. The number of piperidine rings is 1. The summed E-state index contributed by atoms with van der Waals surface area (Å²) < 4.78 is 0. The van der Waals surface area contributed by atoms with Crippen LogP contribution in [0.15, 0.2) is 54.6 Å². The monoisotopic (exact) mass is 350 g/mol. The van der Waals surface area contributed by atoms with Crippen LogP contribution in [0.25, 0.3) is 0 Å². The average Bonchev–Trinajstić information content (AvgIpc) is 2.69. The van der Waals surface area contributed by atoms with Crippen molar-refractivity contribution in [1.82, 2.24) is 5.32 Å². The number of nitrogens with one attached hydrogen (secondary N) is 2. The minimum absolute atomic E-state index is 0.0142. The van der Waals surface area contributed by atoms with Gasteiger partial charge in [0.2, 0.25) is 5.91 Å².